The van der Waals surface area contributed by atoms with Gasteiger partial charge in [-0.3, -0.25) is 0 Å². The number of carbonyl (C=O) groups excluding carboxylic acids is 1. The van der Waals surface area contributed by atoms with Crippen molar-refractivity contribution >= 4 is 23.7 Å². The standard InChI is InChI=1S/C16H14ClFN2O/c17-14-5-1-3-12(9-14)7-8-19-16(21)20-11-13-4-2-6-15(18)10-13/h1-10H,11H2,(H2,19,20,21)/b8-7+. The van der Waals surface area contributed by atoms with Gasteiger partial charge in [-0.2, -0.15) is 0 Å². The average molecular weight is 305 g/mol. The average Bonchev–Trinajstić information content (AvgIpc) is 2.45. The molecule has 2 amide bonds. The van der Waals surface area contributed by atoms with Crippen molar-refractivity contribution in [1.29, 1.82) is 0 Å². The van der Waals surface area contributed by atoms with Gasteiger partial charge in [-0.05, 0) is 41.5 Å². The number of carbonyl (C=O) groups is 1. The van der Waals surface area contributed by atoms with Crippen LogP contribution >= 0.6 is 11.6 Å². The fraction of sp³-hybridized carbons (Fsp3) is 0.0625. The highest BCUT2D eigenvalue weighted by Gasteiger charge is 1.99. The maximum atomic E-state index is 13.0. The molecule has 0 heterocycles. The molecule has 0 atom stereocenters. The van der Waals surface area contributed by atoms with E-state index >= 15 is 0 Å². The summed E-state index contributed by atoms with van der Waals surface area (Å²) in [4.78, 5) is 11.6. The minimum Gasteiger partial charge on any atom is -0.334 e. The minimum atomic E-state index is -0.363. The predicted molar refractivity (Wildman–Crippen MR) is 82.3 cm³/mol. The fourth-order valence-corrected chi connectivity index (χ4v) is 1.90. The highest BCUT2D eigenvalue weighted by molar-refractivity contribution is 6.30. The highest BCUT2D eigenvalue weighted by Crippen LogP contribution is 2.11. The van der Waals surface area contributed by atoms with E-state index in [1.54, 1.807) is 30.3 Å². The lowest BCUT2D eigenvalue weighted by atomic mass is 10.2. The number of amides is 2. The highest BCUT2D eigenvalue weighted by atomic mass is 35.5. The van der Waals surface area contributed by atoms with Gasteiger partial charge in [0.25, 0.3) is 0 Å². The molecule has 0 saturated carbocycles. The molecule has 0 aliphatic rings. The Morgan fingerprint density at radius 3 is 2.76 bits per heavy atom. The lowest BCUT2D eigenvalue weighted by Crippen LogP contribution is -2.31. The molecule has 0 saturated heterocycles. The molecule has 21 heavy (non-hydrogen) atoms. The number of nitrogens with one attached hydrogen (secondary N) is 2. The molecule has 108 valence electrons. The summed E-state index contributed by atoms with van der Waals surface area (Å²) in [5.41, 5.74) is 1.58. The summed E-state index contributed by atoms with van der Waals surface area (Å²) in [6, 6.07) is 13.0. The van der Waals surface area contributed by atoms with Crippen LogP contribution in [0.25, 0.3) is 6.08 Å². The van der Waals surface area contributed by atoms with Gasteiger partial charge >= 0.3 is 6.03 Å². The van der Waals surface area contributed by atoms with Crippen molar-refractivity contribution in [2.75, 3.05) is 0 Å². The van der Waals surface area contributed by atoms with Crippen LogP contribution in [-0.2, 0) is 6.54 Å². The van der Waals surface area contributed by atoms with Crippen molar-refractivity contribution in [3.63, 3.8) is 0 Å². The first-order chi connectivity index (χ1) is 10.1. The van der Waals surface area contributed by atoms with E-state index < -0.39 is 0 Å². The van der Waals surface area contributed by atoms with Gasteiger partial charge in [0.1, 0.15) is 5.82 Å². The first kappa shape index (κ1) is 15.1. The topological polar surface area (TPSA) is 41.1 Å². The molecular weight excluding hydrogens is 291 g/mol. The van der Waals surface area contributed by atoms with Gasteiger partial charge in [-0.15, -0.1) is 0 Å². The molecule has 3 nitrogen and oxygen atoms in total. The van der Waals surface area contributed by atoms with Crippen LogP contribution in [0, 0.1) is 5.82 Å². The Balaban J connectivity index is 1.80. The van der Waals surface area contributed by atoms with Crippen LogP contribution in [0.5, 0.6) is 0 Å². The molecule has 0 aromatic heterocycles. The van der Waals surface area contributed by atoms with Gasteiger partial charge < -0.3 is 10.6 Å². The smallest absolute Gasteiger partial charge is 0.319 e. The van der Waals surface area contributed by atoms with Gasteiger partial charge in [0.15, 0.2) is 0 Å². The molecule has 5 heteroatoms. The molecule has 0 aliphatic carbocycles. The van der Waals surface area contributed by atoms with Crippen LogP contribution in [0.4, 0.5) is 9.18 Å². The van der Waals surface area contributed by atoms with Gasteiger partial charge in [0.05, 0.1) is 0 Å². The van der Waals surface area contributed by atoms with E-state index in [2.05, 4.69) is 10.6 Å². The van der Waals surface area contributed by atoms with Crippen LogP contribution < -0.4 is 10.6 Å². The zero-order valence-electron chi connectivity index (χ0n) is 11.1. The quantitative estimate of drug-likeness (QED) is 0.882. The van der Waals surface area contributed by atoms with Gasteiger partial charge in [-0.25, -0.2) is 9.18 Å². The number of hydrogen-bond donors (Lipinski definition) is 2. The summed E-state index contributed by atoms with van der Waals surface area (Å²) in [5, 5.41) is 5.83. The fourth-order valence-electron chi connectivity index (χ4n) is 1.70. The SMILES string of the molecule is O=C(N/C=C/c1cccc(Cl)c1)NCc1cccc(F)c1. The zero-order valence-corrected chi connectivity index (χ0v) is 11.9. The molecule has 0 aliphatic heterocycles. The molecule has 0 radical (unpaired) electrons. The number of rotatable bonds is 4. The van der Waals surface area contributed by atoms with E-state index in [1.165, 1.54) is 18.3 Å². The molecular formula is C16H14ClFN2O. The van der Waals surface area contributed by atoms with Crippen LogP contribution in [0.1, 0.15) is 11.1 Å². The summed E-state index contributed by atoms with van der Waals surface area (Å²) in [6.07, 6.45) is 3.25. The van der Waals surface area contributed by atoms with E-state index in [1.807, 2.05) is 12.1 Å². The maximum absolute atomic E-state index is 13.0. The molecule has 2 N–H and O–H groups in total. The van der Waals surface area contributed by atoms with Crippen molar-refractivity contribution in [2.45, 2.75) is 6.54 Å². The second-order valence-corrected chi connectivity index (χ2v) is 4.78. The Morgan fingerprint density at radius 1 is 1.19 bits per heavy atom. The van der Waals surface area contributed by atoms with Crippen molar-refractivity contribution in [3.8, 4) is 0 Å². The van der Waals surface area contributed by atoms with E-state index in [4.69, 9.17) is 11.6 Å². The van der Waals surface area contributed by atoms with Crippen molar-refractivity contribution in [2.24, 2.45) is 0 Å². The van der Waals surface area contributed by atoms with E-state index in [-0.39, 0.29) is 18.4 Å². The van der Waals surface area contributed by atoms with Gasteiger partial charge in [0, 0.05) is 17.8 Å². The Labute approximate surface area is 127 Å². The van der Waals surface area contributed by atoms with Crippen molar-refractivity contribution in [1.82, 2.24) is 10.6 Å². The summed E-state index contributed by atoms with van der Waals surface area (Å²) < 4.78 is 13.0. The Hall–Kier alpha value is -2.33. The third-order valence-corrected chi connectivity index (χ3v) is 2.92. The molecule has 0 fully saturated rings. The first-order valence-electron chi connectivity index (χ1n) is 6.34. The maximum Gasteiger partial charge on any atom is 0.319 e. The number of hydrogen-bond acceptors (Lipinski definition) is 1. The molecule has 2 aromatic rings. The Kier molecular flexibility index (Phi) is 5.35. The van der Waals surface area contributed by atoms with Crippen LogP contribution in [0.2, 0.25) is 5.02 Å². The first-order valence-corrected chi connectivity index (χ1v) is 6.72. The number of urea groups is 1. The Morgan fingerprint density at radius 2 is 2.00 bits per heavy atom. The third kappa shape index (κ3) is 5.28. The summed E-state index contributed by atoms with van der Waals surface area (Å²) in [7, 11) is 0. The Bertz CT molecular complexity index is 658. The van der Waals surface area contributed by atoms with E-state index in [0.29, 0.717) is 10.6 Å². The summed E-state index contributed by atoms with van der Waals surface area (Å²) in [5.74, 6) is -0.324. The van der Waals surface area contributed by atoms with Gasteiger partial charge in [0.2, 0.25) is 0 Å². The third-order valence-electron chi connectivity index (χ3n) is 2.68. The van der Waals surface area contributed by atoms with Crippen LogP contribution in [0.15, 0.2) is 54.7 Å². The lowest BCUT2D eigenvalue weighted by molar-refractivity contribution is 0.244. The van der Waals surface area contributed by atoms with E-state index in [9.17, 15) is 9.18 Å². The summed E-state index contributed by atoms with van der Waals surface area (Å²) in [6.45, 7) is 0.259. The second-order valence-electron chi connectivity index (χ2n) is 4.35. The molecule has 2 rings (SSSR count). The van der Waals surface area contributed by atoms with E-state index in [0.717, 1.165) is 5.56 Å². The summed E-state index contributed by atoms with van der Waals surface area (Å²) >= 11 is 5.85. The number of benzene rings is 2. The largest absolute Gasteiger partial charge is 0.334 e. The minimum absolute atomic E-state index is 0.259. The van der Waals surface area contributed by atoms with Crippen molar-refractivity contribution < 1.29 is 9.18 Å². The van der Waals surface area contributed by atoms with Crippen LogP contribution in [0.3, 0.4) is 0 Å². The molecule has 0 unspecified atom stereocenters. The molecule has 0 bridgehead atoms. The monoisotopic (exact) mass is 304 g/mol. The molecule has 0 spiro atoms. The zero-order chi connectivity index (χ0) is 15.1. The normalized spacial score (nSPS) is 10.6. The molecule has 2 aromatic carbocycles. The van der Waals surface area contributed by atoms with Gasteiger partial charge in [-0.1, -0.05) is 35.9 Å². The second kappa shape index (κ2) is 7.45. The number of halogens is 2. The van der Waals surface area contributed by atoms with Crippen LogP contribution in [-0.4, -0.2) is 6.03 Å². The predicted octanol–water partition coefficient (Wildman–Crippen LogP) is 3.95. The van der Waals surface area contributed by atoms with Crippen molar-refractivity contribution in [3.05, 3.63) is 76.7 Å². The lowest BCUT2D eigenvalue weighted by Gasteiger charge is -2.04.